The molecule has 26 heavy (non-hydrogen) atoms. The number of aromatic nitrogens is 3. The van der Waals surface area contributed by atoms with Crippen molar-refractivity contribution >= 4 is 22.4 Å². The van der Waals surface area contributed by atoms with Gasteiger partial charge in [-0.15, -0.1) is 11.3 Å². The van der Waals surface area contributed by atoms with Crippen LogP contribution < -0.4 is 10.2 Å². The number of nitrogens with zero attached hydrogens (tertiary/aromatic N) is 3. The molecule has 0 atom stereocenters. The van der Waals surface area contributed by atoms with Crippen molar-refractivity contribution in [3.63, 3.8) is 0 Å². The molecule has 1 aliphatic rings. The van der Waals surface area contributed by atoms with E-state index in [0.29, 0.717) is 17.9 Å². The molecule has 2 aromatic heterocycles. The predicted molar refractivity (Wildman–Crippen MR) is 100 cm³/mol. The Bertz CT molecular complexity index is 896. The van der Waals surface area contributed by atoms with Gasteiger partial charge in [0.05, 0.1) is 17.9 Å². The first-order chi connectivity index (χ1) is 12.7. The van der Waals surface area contributed by atoms with Gasteiger partial charge in [0.1, 0.15) is 11.4 Å². The first kappa shape index (κ1) is 16.6. The maximum Gasteiger partial charge on any atom is 0.269 e. The maximum atomic E-state index is 12.3. The van der Waals surface area contributed by atoms with Crippen LogP contribution in [0.15, 0.2) is 35.7 Å². The Morgan fingerprint density at radius 1 is 1.27 bits per heavy atom. The van der Waals surface area contributed by atoms with Gasteiger partial charge in [-0.3, -0.25) is 9.89 Å². The molecule has 1 saturated heterocycles. The Labute approximate surface area is 154 Å². The van der Waals surface area contributed by atoms with Crippen LogP contribution >= 0.6 is 11.3 Å². The summed E-state index contributed by atoms with van der Waals surface area (Å²) in [4.78, 5) is 19.2. The largest absolute Gasteiger partial charge is 0.508 e. The average Bonchev–Trinajstić information content (AvgIpc) is 3.41. The zero-order valence-corrected chi connectivity index (χ0v) is 14.9. The average molecular weight is 369 g/mol. The van der Waals surface area contributed by atoms with Crippen molar-refractivity contribution < 1.29 is 9.90 Å². The molecule has 1 fully saturated rings. The van der Waals surface area contributed by atoms with Crippen LogP contribution in [-0.2, 0) is 6.54 Å². The number of hydrogen-bond donors (Lipinski definition) is 3. The molecule has 0 radical (unpaired) electrons. The van der Waals surface area contributed by atoms with E-state index in [1.54, 1.807) is 41.7 Å². The highest BCUT2D eigenvalue weighted by Crippen LogP contribution is 2.24. The van der Waals surface area contributed by atoms with Gasteiger partial charge in [0.25, 0.3) is 5.91 Å². The Kier molecular flexibility index (Phi) is 4.57. The Balaban J connectivity index is 1.37. The number of nitrogens with one attached hydrogen (secondary N) is 2. The van der Waals surface area contributed by atoms with Crippen LogP contribution in [0, 0.1) is 0 Å². The number of benzene rings is 1. The van der Waals surface area contributed by atoms with Gasteiger partial charge in [-0.25, -0.2) is 4.98 Å². The Morgan fingerprint density at radius 2 is 2.04 bits per heavy atom. The third-order valence-corrected chi connectivity index (χ3v) is 5.28. The lowest BCUT2D eigenvalue weighted by atomic mass is 10.1. The van der Waals surface area contributed by atoms with E-state index in [9.17, 15) is 9.90 Å². The number of phenols is 1. The molecule has 0 bridgehead atoms. The number of rotatable bonds is 5. The summed E-state index contributed by atoms with van der Waals surface area (Å²) in [5.74, 6) is -0.0305. The number of anilines is 1. The monoisotopic (exact) mass is 369 g/mol. The van der Waals surface area contributed by atoms with E-state index in [1.165, 1.54) is 12.8 Å². The van der Waals surface area contributed by atoms with Gasteiger partial charge in [-0.05, 0) is 43.2 Å². The standard InChI is InChI=1S/C18H19N5O2S/c24-14-5-3-12(4-6-14)15-9-16(22-21-15)17(25)19-10-13-11-26-18(20-13)23-7-1-2-8-23/h3-6,9,11,24H,1-2,7-8,10H2,(H,19,25)(H,21,22). The number of hydrogen-bond acceptors (Lipinski definition) is 6. The Morgan fingerprint density at radius 3 is 2.81 bits per heavy atom. The molecule has 3 N–H and O–H groups in total. The van der Waals surface area contributed by atoms with Gasteiger partial charge in [-0.1, -0.05) is 0 Å². The molecule has 4 rings (SSSR count). The second-order valence-electron chi connectivity index (χ2n) is 6.21. The van der Waals surface area contributed by atoms with Crippen molar-refractivity contribution in [3.8, 4) is 17.0 Å². The van der Waals surface area contributed by atoms with Crippen molar-refractivity contribution in [2.45, 2.75) is 19.4 Å². The van der Waals surface area contributed by atoms with Crippen molar-refractivity contribution in [1.29, 1.82) is 0 Å². The van der Waals surface area contributed by atoms with E-state index in [1.807, 2.05) is 5.38 Å². The summed E-state index contributed by atoms with van der Waals surface area (Å²) >= 11 is 1.62. The second-order valence-corrected chi connectivity index (χ2v) is 7.05. The number of phenolic OH excluding ortho intramolecular Hbond substituents is 1. The van der Waals surface area contributed by atoms with E-state index >= 15 is 0 Å². The van der Waals surface area contributed by atoms with Crippen molar-refractivity contribution in [1.82, 2.24) is 20.5 Å². The first-order valence-corrected chi connectivity index (χ1v) is 9.39. The molecular formula is C18H19N5O2S. The van der Waals surface area contributed by atoms with Gasteiger partial charge in [0.15, 0.2) is 5.13 Å². The second kappa shape index (κ2) is 7.17. The van der Waals surface area contributed by atoms with Crippen LogP contribution in [0.5, 0.6) is 5.75 Å². The number of carbonyl (C=O) groups excluding carboxylic acids is 1. The summed E-state index contributed by atoms with van der Waals surface area (Å²) in [5, 5.41) is 22.1. The smallest absolute Gasteiger partial charge is 0.269 e. The van der Waals surface area contributed by atoms with E-state index in [2.05, 4.69) is 25.4 Å². The van der Waals surface area contributed by atoms with E-state index < -0.39 is 0 Å². The molecule has 0 spiro atoms. The van der Waals surface area contributed by atoms with Gasteiger partial charge in [0, 0.05) is 24.0 Å². The first-order valence-electron chi connectivity index (χ1n) is 8.51. The minimum Gasteiger partial charge on any atom is -0.508 e. The summed E-state index contributed by atoms with van der Waals surface area (Å²) < 4.78 is 0. The minimum atomic E-state index is -0.224. The number of amides is 1. The molecule has 1 aromatic carbocycles. The van der Waals surface area contributed by atoms with Crippen LogP contribution in [-0.4, -0.2) is 39.3 Å². The molecule has 0 saturated carbocycles. The lowest BCUT2D eigenvalue weighted by Gasteiger charge is -2.12. The highest BCUT2D eigenvalue weighted by molar-refractivity contribution is 7.13. The predicted octanol–water partition coefficient (Wildman–Crippen LogP) is 2.77. The number of aromatic amines is 1. The Hall–Kier alpha value is -2.87. The zero-order chi connectivity index (χ0) is 17.9. The van der Waals surface area contributed by atoms with Crippen LogP contribution in [0.2, 0.25) is 0 Å². The summed E-state index contributed by atoms with van der Waals surface area (Å²) in [6.07, 6.45) is 2.43. The molecule has 3 aromatic rings. The quantitative estimate of drug-likeness (QED) is 0.643. The molecule has 8 heteroatoms. The normalized spacial score (nSPS) is 13.9. The van der Waals surface area contributed by atoms with Crippen LogP contribution in [0.4, 0.5) is 5.13 Å². The third kappa shape index (κ3) is 3.55. The summed E-state index contributed by atoms with van der Waals surface area (Å²) in [7, 11) is 0. The van der Waals surface area contributed by atoms with E-state index in [0.717, 1.165) is 29.5 Å². The third-order valence-electron chi connectivity index (χ3n) is 4.33. The highest BCUT2D eigenvalue weighted by Gasteiger charge is 2.16. The summed E-state index contributed by atoms with van der Waals surface area (Å²) in [6, 6.07) is 8.37. The van der Waals surface area contributed by atoms with E-state index in [4.69, 9.17) is 0 Å². The topological polar surface area (TPSA) is 94.1 Å². The fraction of sp³-hybridized carbons (Fsp3) is 0.278. The molecule has 1 aliphatic heterocycles. The summed E-state index contributed by atoms with van der Waals surface area (Å²) in [6.45, 7) is 2.51. The molecule has 7 nitrogen and oxygen atoms in total. The van der Waals surface area contributed by atoms with Crippen LogP contribution in [0.3, 0.4) is 0 Å². The van der Waals surface area contributed by atoms with Crippen LogP contribution in [0.1, 0.15) is 29.0 Å². The maximum absolute atomic E-state index is 12.3. The van der Waals surface area contributed by atoms with Crippen LogP contribution in [0.25, 0.3) is 11.3 Å². The van der Waals surface area contributed by atoms with Gasteiger partial charge in [-0.2, -0.15) is 5.10 Å². The molecule has 0 unspecified atom stereocenters. The molecule has 0 aliphatic carbocycles. The minimum absolute atomic E-state index is 0.193. The highest BCUT2D eigenvalue weighted by atomic mass is 32.1. The fourth-order valence-corrected chi connectivity index (χ4v) is 3.79. The van der Waals surface area contributed by atoms with Crippen molar-refractivity contribution in [2.24, 2.45) is 0 Å². The van der Waals surface area contributed by atoms with Crippen molar-refractivity contribution in [2.75, 3.05) is 18.0 Å². The summed E-state index contributed by atoms with van der Waals surface area (Å²) in [5.41, 5.74) is 2.74. The number of H-pyrrole nitrogens is 1. The number of carbonyl (C=O) groups is 1. The van der Waals surface area contributed by atoms with Crippen molar-refractivity contribution in [3.05, 3.63) is 47.1 Å². The van der Waals surface area contributed by atoms with Gasteiger partial charge >= 0.3 is 0 Å². The lowest BCUT2D eigenvalue weighted by molar-refractivity contribution is 0.0945. The number of thiazole rings is 1. The zero-order valence-electron chi connectivity index (χ0n) is 14.1. The van der Waals surface area contributed by atoms with E-state index in [-0.39, 0.29) is 11.7 Å². The molecule has 1 amide bonds. The number of aromatic hydroxyl groups is 1. The molecular weight excluding hydrogens is 350 g/mol. The van der Waals surface area contributed by atoms with Gasteiger partial charge < -0.3 is 15.3 Å². The lowest BCUT2D eigenvalue weighted by Crippen LogP contribution is -2.23. The SMILES string of the molecule is O=C(NCc1csc(N2CCCC2)n1)c1cc(-c2ccc(O)cc2)n[nH]1. The molecule has 134 valence electrons. The molecule has 3 heterocycles. The van der Waals surface area contributed by atoms with Gasteiger partial charge in [0.2, 0.25) is 0 Å². The fourth-order valence-electron chi connectivity index (χ4n) is 2.92.